The summed E-state index contributed by atoms with van der Waals surface area (Å²) in [7, 11) is 0. The molecule has 2 aromatic heterocycles. The monoisotopic (exact) mass is 322 g/mol. The zero-order valence-electron chi connectivity index (χ0n) is 11.6. The van der Waals surface area contributed by atoms with Crippen molar-refractivity contribution in [2.75, 3.05) is 6.61 Å². The molecule has 1 aliphatic carbocycles. The van der Waals surface area contributed by atoms with Gasteiger partial charge in [-0.25, -0.2) is 4.98 Å². The molecule has 21 heavy (non-hydrogen) atoms. The maximum Gasteiger partial charge on any atom is 0.263 e. The molecule has 2 N–H and O–H groups in total. The number of aromatic nitrogens is 1. The van der Waals surface area contributed by atoms with Gasteiger partial charge in [0.05, 0.1) is 11.1 Å². The zero-order valence-corrected chi connectivity index (χ0v) is 13.3. The smallest absolute Gasteiger partial charge is 0.263 e. The average molecular weight is 322 g/mol. The zero-order chi connectivity index (χ0) is 14.7. The molecule has 1 saturated carbocycles. The largest absolute Gasteiger partial charge is 0.396 e. The molecule has 1 aliphatic rings. The summed E-state index contributed by atoms with van der Waals surface area (Å²) < 4.78 is 0. The van der Waals surface area contributed by atoms with Crippen LogP contribution in [0.4, 0.5) is 0 Å². The Morgan fingerprint density at radius 1 is 1.38 bits per heavy atom. The second-order valence-electron chi connectivity index (χ2n) is 5.38. The van der Waals surface area contributed by atoms with Gasteiger partial charge in [0.15, 0.2) is 0 Å². The van der Waals surface area contributed by atoms with Crippen LogP contribution < -0.4 is 5.32 Å². The Morgan fingerprint density at radius 3 is 2.86 bits per heavy atom. The summed E-state index contributed by atoms with van der Waals surface area (Å²) in [5.74, 6) is 0.384. The molecule has 6 heteroatoms. The van der Waals surface area contributed by atoms with Crippen LogP contribution in [0.1, 0.15) is 35.4 Å². The predicted molar refractivity (Wildman–Crippen MR) is 85.7 cm³/mol. The van der Waals surface area contributed by atoms with Crippen LogP contribution in [0.25, 0.3) is 9.88 Å². The number of nitrogens with zero attached hydrogens (tertiary/aromatic N) is 1. The normalized spacial score (nSPS) is 22.1. The third-order valence-corrected chi connectivity index (χ3v) is 5.94. The maximum atomic E-state index is 12.3. The molecule has 4 nitrogen and oxygen atoms in total. The fourth-order valence-corrected chi connectivity index (χ4v) is 4.26. The highest BCUT2D eigenvalue weighted by Crippen LogP contribution is 2.29. The predicted octanol–water partition coefficient (Wildman–Crippen LogP) is 3.15. The van der Waals surface area contributed by atoms with Crippen LogP contribution in [0.3, 0.4) is 0 Å². The number of aliphatic hydroxyl groups excluding tert-OH is 1. The fourth-order valence-electron chi connectivity index (χ4n) is 2.64. The van der Waals surface area contributed by atoms with Crippen molar-refractivity contribution in [1.82, 2.24) is 10.3 Å². The van der Waals surface area contributed by atoms with Crippen molar-refractivity contribution in [3.63, 3.8) is 0 Å². The minimum absolute atomic E-state index is 0.0252. The van der Waals surface area contributed by atoms with Crippen LogP contribution in [-0.2, 0) is 0 Å². The van der Waals surface area contributed by atoms with Crippen LogP contribution in [0, 0.1) is 5.92 Å². The number of hydrogen-bond donors (Lipinski definition) is 2. The lowest BCUT2D eigenvalue weighted by Crippen LogP contribution is -2.37. The summed E-state index contributed by atoms with van der Waals surface area (Å²) in [6, 6.07) is 4.23. The standard InChI is InChI=1S/C15H18N2O2S2/c18-9-10-3-5-11(6-4-10)17-14(19)13-8-16-15(21-13)12-2-1-7-20-12/h1-2,7-8,10-11,18H,3-6,9H2,(H,17,19). The molecule has 0 radical (unpaired) electrons. The van der Waals surface area contributed by atoms with E-state index in [1.54, 1.807) is 17.5 Å². The van der Waals surface area contributed by atoms with E-state index < -0.39 is 0 Å². The van der Waals surface area contributed by atoms with E-state index >= 15 is 0 Å². The molecule has 2 heterocycles. The Hall–Kier alpha value is -1.24. The summed E-state index contributed by atoms with van der Waals surface area (Å²) in [6.45, 7) is 0.264. The number of carbonyl (C=O) groups is 1. The van der Waals surface area contributed by atoms with E-state index in [-0.39, 0.29) is 18.6 Å². The lowest BCUT2D eigenvalue weighted by Gasteiger charge is -2.27. The number of nitrogens with one attached hydrogen (secondary N) is 1. The molecule has 0 aromatic carbocycles. The lowest BCUT2D eigenvalue weighted by atomic mass is 9.86. The van der Waals surface area contributed by atoms with E-state index in [9.17, 15) is 4.79 Å². The first-order valence-corrected chi connectivity index (χ1v) is 8.87. The first-order valence-electron chi connectivity index (χ1n) is 7.17. The minimum Gasteiger partial charge on any atom is -0.396 e. The number of rotatable bonds is 4. The van der Waals surface area contributed by atoms with E-state index in [0.717, 1.165) is 35.6 Å². The van der Waals surface area contributed by atoms with Crippen molar-refractivity contribution in [3.05, 3.63) is 28.6 Å². The molecule has 0 unspecified atom stereocenters. The number of aliphatic hydroxyl groups is 1. The summed E-state index contributed by atoms with van der Waals surface area (Å²) in [5, 5.41) is 15.1. The topological polar surface area (TPSA) is 62.2 Å². The van der Waals surface area contributed by atoms with Crippen molar-refractivity contribution >= 4 is 28.6 Å². The van der Waals surface area contributed by atoms with Crippen molar-refractivity contribution in [1.29, 1.82) is 0 Å². The Labute approximate surface area is 131 Å². The van der Waals surface area contributed by atoms with Crippen LogP contribution in [0.15, 0.2) is 23.7 Å². The van der Waals surface area contributed by atoms with Gasteiger partial charge < -0.3 is 10.4 Å². The number of hydrogen-bond acceptors (Lipinski definition) is 5. The molecule has 1 fully saturated rings. The summed E-state index contributed by atoms with van der Waals surface area (Å²) in [4.78, 5) is 18.4. The SMILES string of the molecule is O=C(NC1CCC(CO)CC1)c1cnc(-c2cccs2)s1. The van der Waals surface area contributed by atoms with Crippen LogP contribution in [0.2, 0.25) is 0 Å². The van der Waals surface area contributed by atoms with Gasteiger partial charge in [0.25, 0.3) is 5.91 Å². The third-order valence-electron chi connectivity index (χ3n) is 3.90. The molecular formula is C15H18N2O2S2. The van der Waals surface area contributed by atoms with Gasteiger partial charge in [-0.3, -0.25) is 4.79 Å². The maximum absolute atomic E-state index is 12.3. The van der Waals surface area contributed by atoms with Gasteiger partial charge in [-0.2, -0.15) is 0 Å². The number of amides is 1. The Kier molecular flexibility index (Phi) is 4.67. The van der Waals surface area contributed by atoms with Gasteiger partial charge in [0.1, 0.15) is 9.88 Å². The van der Waals surface area contributed by atoms with E-state index in [4.69, 9.17) is 5.11 Å². The summed E-state index contributed by atoms with van der Waals surface area (Å²) in [5.41, 5.74) is 0. The second-order valence-corrected chi connectivity index (χ2v) is 7.36. The third kappa shape index (κ3) is 3.51. The van der Waals surface area contributed by atoms with Crippen molar-refractivity contribution in [2.24, 2.45) is 5.92 Å². The number of thiophene rings is 1. The highest BCUT2D eigenvalue weighted by atomic mass is 32.1. The van der Waals surface area contributed by atoms with Crippen LogP contribution in [-0.4, -0.2) is 28.6 Å². The lowest BCUT2D eigenvalue weighted by molar-refractivity contribution is 0.0918. The quantitative estimate of drug-likeness (QED) is 0.909. The first kappa shape index (κ1) is 14.7. The molecule has 0 atom stereocenters. The van der Waals surface area contributed by atoms with Gasteiger partial charge in [-0.1, -0.05) is 6.07 Å². The molecule has 2 aromatic rings. The van der Waals surface area contributed by atoms with E-state index in [0.29, 0.717) is 10.8 Å². The van der Waals surface area contributed by atoms with Crippen LogP contribution >= 0.6 is 22.7 Å². The van der Waals surface area contributed by atoms with E-state index in [2.05, 4.69) is 10.3 Å². The molecule has 3 rings (SSSR count). The van der Waals surface area contributed by atoms with Gasteiger partial charge in [0.2, 0.25) is 0 Å². The highest BCUT2D eigenvalue weighted by Gasteiger charge is 2.23. The Balaban J connectivity index is 1.59. The van der Waals surface area contributed by atoms with Gasteiger partial charge >= 0.3 is 0 Å². The number of carbonyl (C=O) groups excluding carboxylic acids is 1. The molecule has 112 valence electrons. The molecular weight excluding hydrogens is 304 g/mol. The molecule has 0 saturated heterocycles. The average Bonchev–Trinajstić information content (AvgIpc) is 3.19. The minimum atomic E-state index is -0.0252. The van der Waals surface area contributed by atoms with Crippen molar-refractivity contribution in [2.45, 2.75) is 31.7 Å². The van der Waals surface area contributed by atoms with Crippen molar-refractivity contribution < 1.29 is 9.90 Å². The van der Waals surface area contributed by atoms with Gasteiger partial charge in [0, 0.05) is 12.6 Å². The summed E-state index contributed by atoms with van der Waals surface area (Å²) in [6.07, 6.45) is 5.55. The van der Waals surface area contributed by atoms with E-state index in [1.165, 1.54) is 11.3 Å². The van der Waals surface area contributed by atoms with E-state index in [1.807, 2.05) is 17.5 Å². The molecule has 0 spiro atoms. The summed E-state index contributed by atoms with van der Waals surface area (Å²) >= 11 is 3.07. The fraction of sp³-hybridized carbons (Fsp3) is 0.467. The molecule has 0 aliphatic heterocycles. The van der Waals surface area contributed by atoms with Gasteiger partial charge in [-0.05, 0) is 43.0 Å². The van der Waals surface area contributed by atoms with Crippen molar-refractivity contribution in [3.8, 4) is 9.88 Å². The molecule has 1 amide bonds. The Morgan fingerprint density at radius 2 is 2.19 bits per heavy atom. The highest BCUT2D eigenvalue weighted by molar-refractivity contribution is 7.21. The Bertz CT molecular complexity index is 587. The number of thiazole rings is 1. The van der Waals surface area contributed by atoms with Crippen LogP contribution in [0.5, 0.6) is 0 Å². The second kappa shape index (κ2) is 6.68. The van der Waals surface area contributed by atoms with Gasteiger partial charge in [-0.15, -0.1) is 22.7 Å². The first-order chi connectivity index (χ1) is 10.3. The molecule has 0 bridgehead atoms.